The van der Waals surface area contributed by atoms with Gasteiger partial charge in [0.15, 0.2) is 0 Å². The van der Waals surface area contributed by atoms with E-state index in [9.17, 15) is 0 Å². The molecule has 0 aliphatic rings. The lowest BCUT2D eigenvalue weighted by Crippen LogP contribution is -2.22. The van der Waals surface area contributed by atoms with Gasteiger partial charge in [0.1, 0.15) is 5.75 Å². The van der Waals surface area contributed by atoms with Gasteiger partial charge >= 0.3 is 0 Å². The summed E-state index contributed by atoms with van der Waals surface area (Å²) in [5.74, 6) is 0.884. The summed E-state index contributed by atoms with van der Waals surface area (Å²) < 4.78 is 5.33. The van der Waals surface area contributed by atoms with Crippen LogP contribution in [0.25, 0.3) is 11.1 Å². The molecule has 3 heteroatoms. The highest BCUT2D eigenvalue weighted by atomic mass is 16.5. The molecule has 0 aliphatic heterocycles. The highest BCUT2D eigenvalue weighted by molar-refractivity contribution is 5.67. The Hall–Kier alpha value is -1.87. The lowest BCUT2D eigenvalue weighted by Gasteiger charge is -2.14. The molecule has 0 spiro atoms. The summed E-state index contributed by atoms with van der Waals surface area (Å²) in [7, 11) is 1.70. The summed E-state index contributed by atoms with van der Waals surface area (Å²) in [6, 6.07) is 10.8. The smallest absolute Gasteiger partial charge is 0.119 e. The van der Waals surface area contributed by atoms with Crippen LogP contribution in [-0.4, -0.2) is 18.1 Å². The summed E-state index contributed by atoms with van der Waals surface area (Å²) in [4.78, 5) is 4.38. The lowest BCUT2D eigenvalue weighted by atomic mass is 10.00. The first-order valence-electron chi connectivity index (χ1n) is 6.93. The van der Waals surface area contributed by atoms with Crippen LogP contribution in [0.5, 0.6) is 5.75 Å². The van der Waals surface area contributed by atoms with E-state index in [0.717, 1.165) is 23.6 Å². The fourth-order valence-electron chi connectivity index (χ4n) is 2.07. The van der Waals surface area contributed by atoms with Gasteiger partial charge in [0.05, 0.1) is 7.11 Å². The van der Waals surface area contributed by atoms with Crippen LogP contribution in [-0.2, 0) is 6.54 Å². The Morgan fingerprint density at radius 3 is 2.60 bits per heavy atom. The van der Waals surface area contributed by atoms with E-state index in [0.29, 0.717) is 6.04 Å². The molecule has 106 valence electrons. The van der Waals surface area contributed by atoms with Crippen molar-refractivity contribution < 1.29 is 4.74 Å². The Balaban J connectivity index is 2.37. The second-order valence-electron chi connectivity index (χ2n) is 5.25. The molecule has 0 unspecified atom stereocenters. The van der Waals surface area contributed by atoms with Gasteiger partial charge in [0.2, 0.25) is 0 Å². The summed E-state index contributed by atoms with van der Waals surface area (Å²) >= 11 is 0. The van der Waals surface area contributed by atoms with Gasteiger partial charge in [-0.2, -0.15) is 0 Å². The van der Waals surface area contributed by atoms with Gasteiger partial charge in [0.25, 0.3) is 0 Å². The van der Waals surface area contributed by atoms with Crippen LogP contribution in [0.1, 0.15) is 25.1 Å². The minimum absolute atomic E-state index is 0.449. The Labute approximate surface area is 121 Å². The first-order valence-corrected chi connectivity index (χ1v) is 6.93. The molecule has 0 fully saturated rings. The van der Waals surface area contributed by atoms with Crippen LogP contribution in [0.4, 0.5) is 0 Å². The molecule has 1 aromatic heterocycles. The number of hydrogen-bond donors (Lipinski definition) is 1. The number of aryl methyl sites for hydroxylation is 1. The molecule has 0 aliphatic carbocycles. The molecule has 2 rings (SSSR count). The molecule has 0 radical (unpaired) electrons. The first kappa shape index (κ1) is 14.5. The average molecular weight is 270 g/mol. The van der Waals surface area contributed by atoms with Crippen molar-refractivity contribution in [3.8, 4) is 16.9 Å². The van der Waals surface area contributed by atoms with E-state index < -0.39 is 0 Å². The van der Waals surface area contributed by atoms with Gasteiger partial charge in [-0.3, -0.25) is 4.98 Å². The van der Waals surface area contributed by atoms with Crippen LogP contribution >= 0.6 is 0 Å². The van der Waals surface area contributed by atoms with Crippen LogP contribution < -0.4 is 10.1 Å². The van der Waals surface area contributed by atoms with Crippen molar-refractivity contribution in [2.75, 3.05) is 7.11 Å². The molecule has 1 heterocycles. The summed E-state index contributed by atoms with van der Waals surface area (Å²) in [6.45, 7) is 7.11. The van der Waals surface area contributed by atoms with Crippen LogP contribution in [0.3, 0.4) is 0 Å². The minimum Gasteiger partial charge on any atom is -0.497 e. The average Bonchev–Trinajstić information content (AvgIpc) is 2.45. The van der Waals surface area contributed by atoms with E-state index in [1.807, 2.05) is 25.3 Å². The van der Waals surface area contributed by atoms with Crippen LogP contribution in [0.15, 0.2) is 36.5 Å². The van der Waals surface area contributed by atoms with E-state index >= 15 is 0 Å². The topological polar surface area (TPSA) is 34.1 Å². The number of hydrogen-bond acceptors (Lipinski definition) is 3. The largest absolute Gasteiger partial charge is 0.497 e. The molecule has 1 N–H and O–H groups in total. The zero-order valence-corrected chi connectivity index (χ0v) is 12.6. The SMILES string of the molecule is COc1ccc(-c2ccc(C)nc2)c(CNC(C)C)c1. The maximum absolute atomic E-state index is 5.33. The van der Waals surface area contributed by atoms with Gasteiger partial charge < -0.3 is 10.1 Å². The maximum atomic E-state index is 5.33. The Bertz CT molecular complexity index is 562. The van der Waals surface area contributed by atoms with Gasteiger partial charge in [-0.1, -0.05) is 26.0 Å². The summed E-state index contributed by atoms with van der Waals surface area (Å²) in [5, 5.41) is 3.46. The van der Waals surface area contributed by atoms with E-state index in [1.165, 1.54) is 11.1 Å². The Kier molecular flexibility index (Phi) is 4.74. The Morgan fingerprint density at radius 2 is 2.00 bits per heavy atom. The Morgan fingerprint density at radius 1 is 1.20 bits per heavy atom. The number of nitrogens with zero attached hydrogens (tertiary/aromatic N) is 1. The summed E-state index contributed by atoms with van der Waals surface area (Å²) in [6.07, 6.45) is 1.93. The van der Waals surface area contributed by atoms with Gasteiger partial charge in [0, 0.05) is 30.0 Å². The fourth-order valence-corrected chi connectivity index (χ4v) is 2.07. The number of nitrogens with one attached hydrogen (secondary N) is 1. The molecule has 0 bridgehead atoms. The first-order chi connectivity index (χ1) is 9.60. The van der Waals surface area contributed by atoms with Gasteiger partial charge in [-0.05, 0) is 36.2 Å². The second-order valence-corrected chi connectivity index (χ2v) is 5.25. The van der Waals surface area contributed by atoms with Crippen molar-refractivity contribution in [3.63, 3.8) is 0 Å². The van der Waals surface area contributed by atoms with Crippen molar-refractivity contribution in [2.24, 2.45) is 0 Å². The maximum Gasteiger partial charge on any atom is 0.119 e. The molecule has 3 nitrogen and oxygen atoms in total. The number of methoxy groups -OCH3 is 1. The van der Waals surface area contributed by atoms with Crippen molar-refractivity contribution in [2.45, 2.75) is 33.4 Å². The van der Waals surface area contributed by atoms with Gasteiger partial charge in [-0.15, -0.1) is 0 Å². The minimum atomic E-state index is 0.449. The molecule has 0 atom stereocenters. The normalized spacial score (nSPS) is 10.8. The second kappa shape index (κ2) is 6.53. The van der Waals surface area contributed by atoms with E-state index in [4.69, 9.17) is 4.74 Å². The molecule has 2 aromatic rings. The number of aromatic nitrogens is 1. The number of rotatable bonds is 5. The zero-order valence-electron chi connectivity index (χ0n) is 12.6. The predicted molar refractivity (Wildman–Crippen MR) is 82.9 cm³/mol. The molecule has 0 amide bonds. The van der Waals surface area contributed by atoms with Crippen LogP contribution in [0.2, 0.25) is 0 Å². The molecule has 1 aromatic carbocycles. The van der Waals surface area contributed by atoms with Crippen molar-refractivity contribution in [1.29, 1.82) is 0 Å². The lowest BCUT2D eigenvalue weighted by molar-refractivity contribution is 0.414. The third-order valence-electron chi connectivity index (χ3n) is 3.24. The van der Waals surface area contributed by atoms with Gasteiger partial charge in [-0.25, -0.2) is 0 Å². The molecule has 0 saturated heterocycles. The zero-order chi connectivity index (χ0) is 14.5. The van der Waals surface area contributed by atoms with Crippen molar-refractivity contribution in [1.82, 2.24) is 10.3 Å². The third kappa shape index (κ3) is 3.58. The van der Waals surface area contributed by atoms with E-state index in [2.05, 4.69) is 42.3 Å². The van der Waals surface area contributed by atoms with E-state index in [1.54, 1.807) is 7.11 Å². The number of ether oxygens (including phenoxy) is 1. The fraction of sp³-hybridized carbons (Fsp3) is 0.353. The number of pyridine rings is 1. The molecular formula is C17H22N2O. The molecule has 0 saturated carbocycles. The molecular weight excluding hydrogens is 248 g/mol. The third-order valence-corrected chi connectivity index (χ3v) is 3.24. The molecule has 20 heavy (non-hydrogen) atoms. The highest BCUT2D eigenvalue weighted by Crippen LogP contribution is 2.27. The van der Waals surface area contributed by atoms with Crippen molar-refractivity contribution >= 4 is 0 Å². The number of benzene rings is 1. The standard InChI is InChI=1S/C17H22N2O/c1-12(2)18-11-15-9-16(20-4)7-8-17(15)14-6-5-13(3)19-10-14/h5-10,12,18H,11H2,1-4H3. The highest BCUT2D eigenvalue weighted by Gasteiger charge is 2.08. The van der Waals surface area contributed by atoms with Crippen LogP contribution in [0, 0.1) is 6.92 Å². The van der Waals surface area contributed by atoms with Crippen molar-refractivity contribution in [3.05, 3.63) is 47.8 Å². The quantitative estimate of drug-likeness (QED) is 0.902. The van der Waals surface area contributed by atoms with E-state index in [-0.39, 0.29) is 0 Å². The summed E-state index contributed by atoms with van der Waals surface area (Å²) in [5.41, 5.74) is 4.60. The predicted octanol–water partition coefficient (Wildman–Crippen LogP) is 3.56. The monoisotopic (exact) mass is 270 g/mol.